The third kappa shape index (κ3) is 3.46. The molecule has 2 heterocycles. The normalized spacial score (nSPS) is 10.9. The zero-order valence-corrected chi connectivity index (χ0v) is 14.1. The summed E-state index contributed by atoms with van der Waals surface area (Å²) in [6.45, 7) is 4.67. The molecule has 0 saturated heterocycles. The Kier molecular flexibility index (Phi) is 4.61. The van der Waals surface area contributed by atoms with Gasteiger partial charge in [0.05, 0.1) is 17.2 Å². The molecule has 0 amide bonds. The van der Waals surface area contributed by atoms with Crippen molar-refractivity contribution in [1.82, 2.24) is 24.5 Å². The molecule has 0 radical (unpaired) electrons. The van der Waals surface area contributed by atoms with Crippen LogP contribution < -0.4 is 0 Å². The number of aromatic nitrogens is 5. The summed E-state index contributed by atoms with van der Waals surface area (Å²) < 4.78 is 3.51. The lowest BCUT2D eigenvalue weighted by molar-refractivity contribution is -0.385. The van der Waals surface area contributed by atoms with Crippen molar-refractivity contribution in [3.8, 4) is 5.69 Å². The number of hydrogen-bond acceptors (Lipinski definition) is 6. The van der Waals surface area contributed by atoms with Crippen molar-refractivity contribution in [2.24, 2.45) is 0 Å². The number of thioether (sulfide) groups is 1. The Hall–Kier alpha value is -2.68. The van der Waals surface area contributed by atoms with Crippen molar-refractivity contribution >= 4 is 17.4 Å². The van der Waals surface area contributed by atoms with Crippen molar-refractivity contribution in [1.29, 1.82) is 0 Å². The summed E-state index contributed by atoms with van der Waals surface area (Å²) in [6.07, 6.45) is 4.37. The van der Waals surface area contributed by atoms with E-state index in [9.17, 15) is 10.1 Å². The van der Waals surface area contributed by atoms with Gasteiger partial charge in [-0.05, 0) is 25.5 Å². The van der Waals surface area contributed by atoms with E-state index < -0.39 is 4.92 Å². The molecule has 0 N–H and O–H groups in total. The summed E-state index contributed by atoms with van der Waals surface area (Å²) in [4.78, 5) is 10.2. The van der Waals surface area contributed by atoms with Crippen LogP contribution in [0.25, 0.3) is 5.69 Å². The third-order valence-corrected chi connectivity index (χ3v) is 4.43. The highest BCUT2D eigenvalue weighted by Crippen LogP contribution is 2.22. The highest BCUT2D eigenvalue weighted by atomic mass is 32.2. The number of nitro groups is 1. The molecule has 3 aromatic rings. The predicted octanol–water partition coefficient (Wildman–Crippen LogP) is 2.78. The fourth-order valence-electron chi connectivity index (χ4n) is 2.36. The first kappa shape index (κ1) is 16.2. The predicted molar refractivity (Wildman–Crippen MR) is 90.4 cm³/mol. The Labute approximate surface area is 142 Å². The maximum Gasteiger partial charge on any atom is 0.306 e. The molecule has 0 atom stereocenters. The van der Waals surface area contributed by atoms with E-state index in [4.69, 9.17) is 0 Å². The van der Waals surface area contributed by atoms with E-state index in [-0.39, 0.29) is 5.69 Å². The van der Waals surface area contributed by atoms with Crippen molar-refractivity contribution in [2.45, 2.75) is 25.5 Å². The molecule has 0 aliphatic rings. The second kappa shape index (κ2) is 6.83. The summed E-state index contributed by atoms with van der Waals surface area (Å²) in [5.41, 5.74) is 3.40. The Bertz CT molecular complexity index is 872. The average molecular weight is 344 g/mol. The molecule has 124 valence electrons. The SMILES string of the molecule is Cc1ccc(-n2cnnc2SCCn2cc([N+](=O)[O-])cn2)c(C)c1. The van der Waals surface area contributed by atoms with Gasteiger partial charge in [-0.2, -0.15) is 5.10 Å². The number of nitrogens with zero attached hydrogens (tertiary/aromatic N) is 6. The number of rotatable bonds is 6. The molecule has 8 nitrogen and oxygen atoms in total. The Morgan fingerprint density at radius 3 is 2.88 bits per heavy atom. The van der Waals surface area contributed by atoms with Gasteiger partial charge in [-0.1, -0.05) is 29.5 Å². The van der Waals surface area contributed by atoms with Crippen LogP contribution in [0.4, 0.5) is 5.69 Å². The van der Waals surface area contributed by atoms with Gasteiger partial charge in [0.15, 0.2) is 5.16 Å². The van der Waals surface area contributed by atoms with E-state index in [0.717, 1.165) is 16.4 Å². The minimum Gasteiger partial charge on any atom is -0.276 e. The van der Waals surface area contributed by atoms with Gasteiger partial charge in [0, 0.05) is 5.75 Å². The molecule has 0 bridgehead atoms. The van der Waals surface area contributed by atoms with Gasteiger partial charge in [0.2, 0.25) is 0 Å². The fourth-order valence-corrected chi connectivity index (χ4v) is 3.21. The highest BCUT2D eigenvalue weighted by molar-refractivity contribution is 7.99. The second-order valence-corrected chi connectivity index (χ2v) is 6.40. The Morgan fingerprint density at radius 2 is 2.17 bits per heavy atom. The van der Waals surface area contributed by atoms with Gasteiger partial charge in [-0.3, -0.25) is 19.4 Å². The van der Waals surface area contributed by atoms with E-state index in [1.807, 2.05) is 4.57 Å². The van der Waals surface area contributed by atoms with Gasteiger partial charge >= 0.3 is 5.69 Å². The highest BCUT2D eigenvalue weighted by Gasteiger charge is 2.11. The first-order chi connectivity index (χ1) is 11.5. The van der Waals surface area contributed by atoms with E-state index in [1.54, 1.807) is 11.0 Å². The molecule has 0 spiro atoms. The first-order valence-corrected chi connectivity index (χ1v) is 8.30. The van der Waals surface area contributed by atoms with Crippen LogP contribution in [0.1, 0.15) is 11.1 Å². The fraction of sp³-hybridized carbons (Fsp3) is 0.267. The molecule has 3 rings (SSSR count). The van der Waals surface area contributed by atoms with E-state index in [0.29, 0.717) is 12.3 Å². The van der Waals surface area contributed by atoms with Crippen LogP contribution in [0.15, 0.2) is 42.1 Å². The minimum atomic E-state index is -0.451. The van der Waals surface area contributed by atoms with Gasteiger partial charge in [-0.25, -0.2) is 0 Å². The van der Waals surface area contributed by atoms with Gasteiger partial charge < -0.3 is 0 Å². The summed E-state index contributed by atoms with van der Waals surface area (Å²) in [5, 5.41) is 23.6. The summed E-state index contributed by atoms with van der Waals surface area (Å²) in [7, 11) is 0. The number of aryl methyl sites for hydroxylation is 3. The molecule has 0 aliphatic heterocycles. The lowest BCUT2D eigenvalue weighted by Crippen LogP contribution is -2.03. The quantitative estimate of drug-likeness (QED) is 0.388. The zero-order chi connectivity index (χ0) is 17.1. The van der Waals surface area contributed by atoms with Crippen molar-refractivity contribution < 1.29 is 4.92 Å². The molecular formula is C15H16N6O2S. The molecule has 0 saturated carbocycles. The van der Waals surface area contributed by atoms with E-state index >= 15 is 0 Å². The summed E-state index contributed by atoms with van der Waals surface area (Å²) in [5.74, 6) is 0.683. The van der Waals surface area contributed by atoms with Crippen LogP contribution in [-0.2, 0) is 6.54 Å². The molecule has 0 fully saturated rings. The summed E-state index contributed by atoms with van der Waals surface area (Å²) >= 11 is 1.53. The van der Waals surface area contributed by atoms with Crippen molar-refractivity contribution in [3.63, 3.8) is 0 Å². The van der Waals surface area contributed by atoms with Crippen LogP contribution in [-0.4, -0.2) is 35.2 Å². The molecule has 9 heteroatoms. The number of benzene rings is 1. The molecule has 0 unspecified atom stereocenters. The van der Waals surface area contributed by atoms with E-state index in [1.165, 1.54) is 29.7 Å². The third-order valence-electron chi connectivity index (χ3n) is 3.51. The minimum absolute atomic E-state index is 0.00144. The molecule has 1 aromatic carbocycles. The van der Waals surface area contributed by atoms with Gasteiger partial charge in [0.25, 0.3) is 0 Å². The summed E-state index contributed by atoms with van der Waals surface area (Å²) in [6, 6.07) is 6.22. The Morgan fingerprint density at radius 1 is 1.33 bits per heavy atom. The maximum atomic E-state index is 10.7. The topological polar surface area (TPSA) is 91.7 Å². The Balaban J connectivity index is 1.68. The standard InChI is InChI=1S/C15H16N6O2S/c1-11-3-4-14(12(2)7-11)20-10-16-18-15(20)24-6-5-19-9-13(8-17-19)21(22)23/h3-4,7-10H,5-6H2,1-2H3. The largest absolute Gasteiger partial charge is 0.306 e. The first-order valence-electron chi connectivity index (χ1n) is 7.32. The van der Waals surface area contributed by atoms with Crippen LogP contribution in [0, 0.1) is 24.0 Å². The lowest BCUT2D eigenvalue weighted by atomic mass is 10.1. The van der Waals surface area contributed by atoms with Crippen LogP contribution >= 0.6 is 11.8 Å². The second-order valence-electron chi connectivity index (χ2n) is 5.34. The molecule has 24 heavy (non-hydrogen) atoms. The molecule has 0 aliphatic carbocycles. The van der Waals surface area contributed by atoms with Gasteiger partial charge in [0.1, 0.15) is 18.7 Å². The molecular weight excluding hydrogens is 328 g/mol. The smallest absolute Gasteiger partial charge is 0.276 e. The lowest BCUT2D eigenvalue weighted by Gasteiger charge is -2.10. The number of hydrogen-bond donors (Lipinski definition) is 0. The monoisotopic (exact) mass is 344 g/mol. The van der Waals surface area contributed by atoms with Crippen LogP contribution in [0.3, 0.4) is 0 Å². The van der Waals surface area contributed by atoms with Crippen molar-refractivity contribution in [3.05, 3.63) is 58.2 Å². The van der Waals surface area contributed by atoms with Crippen molar-refractivity contribution in [2.75, 3.05) is 5.75 Å². The average Bonchev–Trinajstić information content (AvgIpc) is 3.17. The zero-order valence-electron chi connectivity index (χ0n) is 13.3. The van der Waals surface area contributed by atoms with Crippen LogP contribution in [0.2, 0.25) is 0 Å². The van der Waals surface area contributed by atoms with Crippen LogP contribution in [0.5, 0.6) is 0 Å². The van der Waals surface area contributed by atoms with E-state index in [2.05, 4.69) is 47.3 Å². The van der Waals surface area contributed by atoms with Gasteiger partial charge in [-0.15, -0.1) is 10.2 Å². The molecule has 2 aromatic heterocycles. The maximum absolute atomic E-state index is 10.7.